The maximum Gasteiger partial charge on any atom is 0.407 e. The van der Waals surface area contributed by atoms with Gasteiger partial charge in [0, 0.05) is 6.54 Å². The third-order valence-electron chi connectivity index (χ3n) is 3.07. The minimum Gasteiger partial charge on any atom is -0.445 e. The van der Waals surface area contributed by atoms with Crippen LogP contribution in [-0.4, -0.2) is 6.09 Å². The Bertz CT molecular complexity index is 660. The largest absolute Gasteiger partial charge is 0.445 e. The topological polar surface area (TPSA) is 62.1 Å². The molecule has 2 aromatic carbocycles. The van der Waals surface area contributed by atoms with E-state index in [4.69, 9.17) is 10.00 Å². The van der Waals surface area contributed by atoms with Crippen LogP contribution in [0.3, 0.4) is 0 Å². The average molecular weight is 280 g/mol. The van der Waals surface area contributed by atoms with Crippen LogP contribution in [0.25, 0.3) is 0 Å². The number of nitriles is 1. The van der Waals surface area contributed by atoms with Gasteiger partial charge in [-0.15, -0.1) is 0 Å². The summed E-state index contributed by atoms with van der Waals surface area (Å²) in [5.41, 5.74) is 3.35. The molecule has 0 atom stereocenters. The molecular formula is C17H16N2O2. The Morgan fingerprint density at radius 3 is 2.67 bits per heavy atom. The van der Waals surface area contributed by atoms with Crippen molar-refractivity contribution in [1.82, 2.24) is 5.32 Å². The number of benzene rings is 2. The van der Waals surface area contributed by atoms with Crippen LogP contribution < -0.4 is 5.32 Å². The lowest BCUT2D eigenvalue weighted by Crippen LogP contribution is -2.23. The quantitative estimate of drug-likeness (QED) is 0.934. The normalized spacial score (nSPS) is 9.71. The first-order valence-corrected chi connectivity index (χ1v) is 6.63. The molecule has 0 heterocycles. The number of alkyl carbamates (subject to hydrolysis) is 1. The highest BCUT2D eigenvalue weighted by Gasteiger charge is 2.04. The van der Waals surface area contributed by atoms with Crippen molar-refractivity contribution in [3.63, 3.8) is 0 Å². The van der Waals surface area contributed by atoms with Gasteiger partial charge in [0.1, 0.15) is 6.61 Å². The number of hydrogen-bond acceptors (Lipinski definition) is 3. The Balaban J connectivity index is 1.83. The van der Waals surface area contributed by atoms with Gasteiger partial charge in [-0.1, -0.05) is 42.5 Å². The predicted molar refractivity (Wildman–Crippen MR) is 79.4 cm³/mol. The second-order valence-electron chi connectivity index (χ2n) is 4.68. The lowest BCUT2D eigenvalue weighted by molar-refractivity contribution is 0.139. The highest BCUT2D eigenvalue weighted by atomic mass is 16.5. The molecule has 0 fully saturated rings. The highest BCUT2D eigenvalue weighted by Crippen LogP contribution is 2.10. The number of aryl methyl sites for hydroxylation is 1. The van der Waals surface area contributed by atoms with E-state index in [-0.39, 0.29) is 6.61 Å². The molecule has 106 valence electrons. The van der Waals surface area contributed by atoms with Gasteiger partial charge in [0.25, 0.3) is 0 Å². The van der Waals surface area contributed by atoms with Crippen molar-refractivity contribution in [2.24, 2.45) is 0 Å². The molecule has 0 aliphatic heterocycles. The summed E-state index contributed by atoms with van der Waals surface area (Å²) in [5, 5.41) is 11.6. The molecule has 1 N–H and O–H groups in total. The van der Waals surface area contributed by atoms with Gasteiger partial charge in [0.05, 0.1) is 11.6 Å². The standard InChI is InChI=1S/C17H16N2O2/c1-13-7-8-15(9-16(13)10-18)11-19-17(20)21-12-14-5-3-2-4-6-14/h2-9H,11-12H2,1H3,(H,19,20). The van der Waals surface area contributed by atoms with E-state index < -0.39 is 6.09 Å². The number of carbonyl (C=O) groups excluding carboxylic acids is 1. The minimum atomic E-state index is -0.474. The molecule has 0 bridgehead atoms. The Morgan fingerprint density at radius 1 is 1.19 bits per heavy atom. The van der Waals surface area contributed by atoms with Crippen LogP contribution in [0.4, 0.5) is 4.79 Å². The van der Waals surface area contributed by atoms with E-state index in [9.17, 15) is 4.79 Å². The Hall–Kier alpha value is -2.80. The molecule has 0 saturated heterocycles. The summed E-state index contributed by atoms with van der Waals surface area (Å²) in [6.45, 7) is 2.45. The van der Waals surface area contributed by atoms with Crippen LogP contribution in [0.15, 0.2) is 48.5 Å². The van der Waals surface area contributed by atoms with Gasteiger partial charge in [-0.2, -0.15) is 5.26 Å². The van der Waals surface area contributed by atoms with Crippen molar-refractivity contribution < 1.29 is 9.53 Å². The van der Waals surface area contributed by atoms with Crippen LogP contribution in [0, 0.1) is 18.3 Å². The molecule has 4 heteroatoms. The molecule has 21 heavy (non-hydrogen) atoms. The fourth-order valence-electron chi connectivity index (χ4n) is 1.85. The summed E-state index contributed by atoms with van der Waals surface area (Å²) in [4.78, 5) is 11.6. The van der Waals surface area contributed by atoms with Gasteiger partial charge in [0.15, 0.2) is 0 Å². The fraction of sp³-hybridized carbons (Fsp3) is 0.176. The van der Waals surface area contributed by atoms with Crippen LogP contribution in [0.5, 0.6) is 0 Å². The SMILES string of the molecule is Cc1ccc(CNC(=O)OCc2ccccc2)cc1C#N. The lowest BCUT2D eigenvalue weighted by atomic mass is 10.1. The van der Waals surface area contributed by atoms with Crippen molar-refractivity contribution >= 4 is 6.09 Å². The van der Waals surface area contributed by atoms with E-state index in [0.717, 1.165) is 16.7 Å². The summed E-state index contributed by atoms with van der Waals surface area (Å²) in [6, 6.07) is 17.1. The number of amides is 1. The van der Waals surface area contributed by atoms with E-state index in [1.165, 1.54) is 0 Å². The smallest absolute Gasteiger partial charge is 0.407 e. The Kier molecular flexibility index (Phi) is 4.94. The molecule has 0 saturated carbocycles. The molecule has 0 unspecified atom stereocenters. The summed E-state index contributed by atoms with van der Waals surface area (Å²) in [5.74, 6) is 0. The number of ether oxygens (including phenoxy) is 1. The molecule has 2 aromatic rings. The van der Waals surface area contributed by atoms with Gasteiger partial charge in [-0.3, -0.25) is 0 Å². The molecule has 0 aliphatic rings. The van der Waals surface area contributed by atoms with Gasteiger partial charge in [0.2, 0.25) is 0 Å². The average Bonchev–Trinajstić information content (AvgIpc) is 2.53. The minimum absolute atomic E-state index is 0.240. The summed E-state index contributed by atoms with van der Waals surface area (Å²) < 4.78 is 5.12. The van der Waals surface area contributed by atoms with Crippen LogP contribution in [0.2, 0.25) is 0 Å². The van der Waals surface area contributed by atoms with E-state index in [1.807, 2.05) is 49.4 Å². The third-order valence-corrected chi connectivity index (χ3v) is 3.07. The molecule has 2 rings (SSSR count). The zero-order valence-electron chi connectivity index (χ0n) is 11.8. The molecule has 0 spiro atoms. The maximum atomic E-state index is 11.6. The zero-order chi connectivity index (χ0) is 15.1. The van der Waals surface area contributed by atoms with Crippen molar-refractivity contribution in [2.45, 2.75) is 20.1 Å². The van der Waals surface area contributed by atoms with Crippen molar-refractivity contribution in [1.29, 1.82) is 5.26 Å². The number of hydrogen-bond donors (Lipinski definition) is 1. The summed E-state index contributed by atoms with van der Waals surface area (Å²) >= 11 is 0. The van der Waals surface area contributed by atoms with E-state index in [1.54, 1.807) is 6.07 Å². The number of nitrogens with one attached hydrogen (secondary N) is 1. The van der Waals surface area contributed by atoms with E-state index >= 15 is 0 Å². The molecule has 4 nitrogen and oxygen atoms in total. The number of rotatable bonds is 4. The maximum absolute atomic E-state index is 11.6. The van der Waals surface area contributed by atoms with Gasteiger partial charge >= 0.3 is 6.09 Å². The third kappa shape index (κ3) is 4.36. The summed E-state index contributed by atoms with van der Waals surface area (Å²) in [6.07, 6.45) is -0.474. The van der Waals surface area contributed by atoms with Crippen LogP contribution >= 0.6 is 0 Å². The molecule has 0 aromatic heterocycles. The molecular weight excluding hydrogens is 264 g/mol. The van der Waals surface area contributed by atoms with Crippen molar-refractivity contribution in [3.05, 3.63) is 70.8 Å². The first kappa shape index (κ1) is 14.6. The first-order chi connectivity index (χ1) is 10.2. The highest BCUT2D eigenvalue weighted by molar-refractivity contribution is 5.67. The van der Waals surface area contributed by atoms with Crippen LogP contribution in [-0.2, 0) is 17.9 Å². The Labute approximate surface area is 124 Å². The van der Waals surface area contributed by atoms with Crippen molar-refractivity contribution in [2.75, 3.05) is 0 Å². The van der Waals surface area contributed by atoms with Gasteiger partial charge in [-0.05, 0) is 29.7 Å². The second-order valence-corrected chi connectivity index (χ2v) is 4.68. The van der Waals surface area contributed by atoms with Gasteiger partial charge < -0.3 is 10.1 Å². The van der Waals surface area contributed by atoms with Crippen molar-refractivity contribution in [3.8, 4) is 6.07 Å². The van der Waals surface area contributed by atoms with Gasteiger partial charge in [-0.25, -0.2) is 4.79 Å². The first-order valence-electron chi connectivity index (χ1n) is 6.63. The number of nitrogens with zero attached hydrogens (tertiary/aromatic N) is 1. The number of carbonyl (C=O) groups is 1. The van der Waals surface area contributed by atoms with E-state index in [2.05, 4.69) is 11.4 Å². The lowest BCUT2D eigenvalue weighted by Gasteiger charge is -2.08. The van der Waals surface area contributed by atoms with Crippen LogP contribution in [0.1, 0.15) is 22.3 Å². The van der Waals surface area contributed by atoms with E-state index in [0.29, 0.717) is 12.1 Å². The molecule has 1 amide bonds. The predicted octanol–water partition coefficient (Wildman–Crippen LogP) is 3.29. The fourth-order valence-corrected chi connectivity index (χ4v) is 1.85. The monoisotopic (exact) mass is 280 g/mol. The summed E-state index contributed by atoms with van der Waals surface area (Å²) in [7, 11) is 0. The second kappa shape index (κ2) is 7.11. The molecule has 0 radical (unpaired) electrons. The molecule has 0 aliphatic carbocycles. The Morgan fingerprint density at radius 2 is 1.95 bits per heavy atom. The zero-order valence-corrected chi connectivity index (χ0v) is 11.8.